The molecule has 154 valence electrons. The number of pyridine rings is 1. The van der Waals surface area contributed by atoms with Crippen LogP contribution < -0.4 is 5.32 Å². The summed E-state index contributed by atoms with van der Waals surface area (Å²) in [5, 5.41) is 8.01. The summed E-state index contributed by atoms with van der Waals surface area (Å²) in [5.41, 5.74) is 4.29. The van der Waals surface area contributed by atoms with E-state index >= 15 is 0 Å². The second-order valence-corrected chi connectivity index (χ2v) is 8.57. The Kier molecular flexibility index (Phi) is 5.50. The largest absolute Gasteiger partial charge is 0.472 e. The van der Waals surface area contributed by atoms with Crippen molar-refractivity contribution in [1.82, 2.24) is 24.5 Å². The number of furan rings is 1. The Morgan fingerprint density at radius 2 is 2.20 bits per heavy atom. The lowest BCUT2D eigenvalue weighted by molar-refractivity contribution is 0.198. The number of hydrogen-bond donors (Lipinski definition) is 1. The number of aromatic nitrogens is 4. The maximum Gasteiger partial charge on any atom is 0.171 e. The fraction of sp³-hybridized carbons (Fsp3) is 0.318. The zero-order valence-corrected chi connectivity index (χ0v) is 18.1. The number of hydrogen-bond acceptors (Lipinski definition) is 6. The number of fused-ring (bicyclic) bond motifs is 1. The Morgan fingerprint density at radius 1 is 1.23 bits per heavy atom. The summed E-state index contributed by atoms with van der Waals surface area (Å²) in [4.78, 5) is 11.6. The maximum atomic E-state index is 5.23. The number of halogens is 1. The highest BCUT2D eigenvalue weighted by Gasteiger charge is 2.24. The second kappa shape index (κ2) is 8.57. The van der Waals surface area contributed by atoms with Crippen molar-refractivity contribution in [3.05, 3.63) is 76.7 Å². The first-order valence-electron chi connectivity index (χ1n) is 10.2. The zero-order chi connectivity index (χ0) is 20.3. The van der Waals surface area contributed by atoms with E-state index in [1.165, 1.54) is 5.56 Å². The SMILES string of the molecule is Brc1cnn2c(NCc3cccnc3)cc(C3CCCN(Cc4ccoc4)C3)nc12. The molecule has 1 atom stereocenters. The molecular weight excluding hydrogens is 444 g/mol. The highest BCUT2D eigenvalue weighted by atomic mass is 79.9. The average Bonchev–Trinajstić information content (AvgIpc) is 3.43. The highest BCUT2D eigenvalue weighted by Crippen LogP contribution is 2.30. The molecule has 30 heavy (non-hydrogen) atoms. The topological polar surface area (TPSA) is 71.5 Å². The smallest absolute Gasteiger partial charge is 0.171 e. The van der Waals surface area contributed by atoms with Crippen LogP contribution in [0.25, 0.3) is 5.65 Å². The predicted octanol–water partition coefficient (Wildman–Crippen LogP) is 4.47. The molecule has 8 heteroatoms. The maximum absolute atomic E-state index is 5.23. The van der Waals surface area contributed by atoms with Crippen LogP contribution >= 0.6 is 15.9 Å². The van der Waals surface area contributed by atoms with Gasteiger partial charge in [0.15, 0.2) is 5.65 Å². The van der Waals surface area contributed by atoms with E-state index in [-0.39, 0.29) is 0 Å². The quantitative estimate of drug-likeness (QED) is 0.451. The van der Waals surface area contributed by atoms with Gasteiger partial charge in [0.25, 0.3) is 0 Å². The van der Waals surface area contributed by atoms with Crippen LogP contribution in [0.4, 0.5) is 5.82 Å². The minimum atomic E-state index is 0.386. The standard InChI is InChI=1S/C22H23BrN6O/c23-19-12-26-29-21(25-11-16-3-1-6-24-10-16)9-20(27-22(19)29)18-4-2-7-28(14-18)13-17-5-8-30-15-17/h1,3,5-6,8-10,12,15,18,25H,2,4,7,11,13-14H2. The van der Waals surface area contributed by atoms with E-state index in [1.54, 1.807) is 18.7 Å². The first-order valence-corrected chi connectivity index (χ1v) is 11.0. The van der Waals surface area contributed by atoms with E-state index in [4.69, 9.17) is 9.40 Å². The fourth-order valence-electron chi connectivity index (χ4n) is 4.07. The van der Waals surface area contributed by atoms with Crippen LogP contribution in [0.5, 0.6) is 0 Å². The Hall–Kier alpha value is -2.71. The molecule has 7 nitrogen and oxygen atoms in total. The molecule has 1 aliphatic heterocycles. The van der Waals surface area contributed by atoms with Gasteiger partial charge in [-0.15, -0.1) is 0 Å². The van der Waals surface area contributed by atoms with E-state index in [0.29, 0.717) is 12.5 Å². The summed E-state index contributed by atoms with van der Waals surface area (Å²) in [5.74, 6) is 1.33. The molecule has 1 aliphatic rings. The monoisotopic (exact) mass is 466 g/mol. The summed E-state index contributed by atoms with van der Waals surface area (Å²) in [6.45, 7) is 3.69. The van der Waals surface area contributed by atoms with Crippen LogP contribution in [0, 0.1) is 0 Å². The summed E-state index contributed by atoms with van der Waals surface area (Å²) in [7, 11) is 0. The third-order valence-corrected chi connectivity index (χ3v) is 6.11. The summed E-state index contributed by atoms with van der Waals surface area (Å²) in [6.07, 6.45) is 11.3. The molecular formula is C22H23BrN6O. The van der Waals surface area contributed by atoms with Crippen LogP contribution in [0.1, 0.15) is 35.6 Å². The van der Waals surface area contributed by atoms with Gasteiger partial charge < -0.3 is 9.73 Å². The third kappa shape index (κ3) is 4.11. The van der Waals surface area contributed by atoms with E-state index in [1.807, 2.05) is 29.1 Å². The molecule has 4 aromatic rings. The van der Waals surface area contributed by atoms with Crippen LogP contribution in [0.3, 0.4) is 0 Å². The van der Waals surface area contributed by atoms with Gasteiger partial charge in [0.2, 0.25) is 0 Å². The van der Waals surface area contributed by atoms with Gasteiger partial charge in [0.05, 0.1) is 28.9 Å². The molecule has 0 bridgehead atoms. The van der Waals surface area contributed by atoms with Gasteiger partial charge in [-0.3, -0.25) is 9.88 Å². The summed E-state index contributed by atoms with van der Waals surface area (Å²) >= 11 is 3.60. The first-order chi connectivity index (χ1) is 14.8. The summed E-state index contributed by atoms with van der Waals surface area (Å²) < 4.78 is 7.99. The van der Waals surface area contributed by atoms with Crippen molar-refractivity contribution in [3.8, 4) is 0 Å². The van der Waals surface area contributed by atoms with Gasteiger partial charge in [0, 0.05) is 49.6 Å². The number of anilines is 1. The van der Waals surface area contributed by atoms with Crippen molar-refractivity contribution in [3.63, 3.8) is 0 Å². The lowest BCUT2D eigenvalue weighted by Gasteiger charge is -2.32. The number of piperidine rings is 1. The Balaban J connectivity index is 1.40. The molecule has 0 saturated carbocycles. The zero-order valence-electron chi connectivity index (χ0n) is 16.5. The summed E-state index contributed by atoms with van der Waals surface area (Å²) in [6, 6.07) is 8.20. The molecule has 1 saturated heterocycles. The number of likely N-dealkylation sites (tertiary alicyclic amines) is 1. The Bertz CT molecular complexity index is 1110. The normalized spacial score (nSPS) is 17.4. The van der Waals surface area contributed by atoms with Gasteiger partial charge in [-0.05, 0) is 53.0 Å². The third-order valence-electron chi connectivity index (χ3n) is 5.56. The lowest BCUT2D eigenvalue weighted by Crippen LogP contribution is -2.34. The number of rotatable bonds is 6. The molecule has 1 unspecified atom stereocenters. The van der Waals surface area contributed by atoms with Gasteiger partial charge in [-0.1, -0.05) is 6.07 Å². The van der Waals surface area contributed by atoms with Crippen molar-refractivity contribution in [1.29, 1.82) is 0 Å². The van der Waals surface area contributed by atoms with Crippen molar-refractivity contribution in [2.24, 2.45) is 0 Å². The molecule has 4 aromatic heterocycles. The van der Waals surface area contributed by atoms with Gasteiger partial charge in [-0.25, -0.2) is 4.98 Å². The minimum Gasteiger partial charge on any atom is -0.472 e. The van der Waals surface area contributed by atoms with Crippen LogP contribution in [0.15, 0.2) is 64.3 Å². The molecule has 1 fully saturated rings. The van der Waals surface area contributed by atoms with E-state index < -0.39 is 0 Å². The van der Waals surface area contributed by atoms with Gasteiger partial charge in [0.1, 0.15) is 5.82 Å². The minimum absolute atomic E-state index is 0.386. The van der Waals surface area contributed by atoms with E-state index in [9.17, 15) is 0 Å². The fourth-order valence-corrected chi connectivity index (χ4v) is 4.41. The van der Waals surface area contributed by atoms with Gasteiger partial charge in [-0.2, -0.15) is 9.61 Å². The van der Waals surface area contributed by atoms with Crippen LogP contribution in [-0.4, -0.2) is 37.6 Å². The highest BCUT2D eigenvalue weighted by molar-refractivity contribution is 9.10. The molecule has 0 aliphatic carbocycles. The van der Waals surface area contributed by atoms with Crippen LogP contribution in [0.2, 0.25) is 0 Å². The van der Waals surface area contributed by atoms with E-state index in [0.717, 1.165) is 59.7 Å². The van der Waals surface area contributed by atoms with Crippen molar-refractivity contribution in [2.75, 3.05) is 18.4 Å². The lowest BCUT2D eigenvalue weighted by atomic mass is 9.94. The predicted molar refractivity (Wildman–Crippen MR) is 118 cm³/mol. The molecule has 0 aromatic carbocycles. The molecule has 0 spiro atoms. The van der Waals surface area contributed by atoms with Crippen LogP contribution in [-0.2, 0) is 13.1 Å². The molecule has 5 rings (SSSR count). The first kappa shape index (κ1) is 19.3. The average molecular weight is 467 g/mol. The number of nitrogens with zero attached hydrogens (tertiary/aromatic N) is 5. The van der Waals surface area contributed by atoms with Crippen molar-refractivity contribution in [2.45, 2.75) is 31.8 Å². The number of nitrogens with one attached hydrogen (secondary N) is 1. The van der Waals surface area contributed by atoms with E-state index in [2.05, 4.69) is 48.4 Å². The van der Waals surface area contributed by atoms with Crippen molar-refractivity contribution < 1.29 is 4.42 Å². The molecule has 1 N–H and O–H groups in total. The molecule has 0 amide bonds. The molecule has 0 radical (unpaired) electrons. The molecule has 5 heterocycles. The Morgan fingerprint density at radius 3 is 3.03 bits per heavy atom. The Labute approximate surface area is 183 Å². The van der Waals surface area contributed by atoms with Gasteiger partial charge >= 0.3 is 0 Å². The van der Waals surface area contributed by atoms with Crippen molar-refractivity contribution >= 4 is 27.4 Å². The second-order valence-electron chi connectivity index (χ2n) is 7.71.